The van der Waals surface area contributed by atoms with E-state index in [0.29, 0.717) is 27.9 Å². The molecule has 4 rings (SSSR count). The SMILES string of the molecule is CC(C)c1ccc2c(c1)-c1ccccc1S(=O)(=O)N2CC(=O)Nc1cccc(Cl)c1. The van der Waals surface area contributed by atoms with E-state index in [9.17, 15) is 13.2 Å². The lowest BCUT2D eigenvalue weighted by atomic mass is 9.95. The van der Waals surface area contributed by atoms with Gasteiger partial charge in [-0.2, -0.15) is 0 Å². The van der Waals surface area contributed by atoms with Gasteiger partial charge in [0.05, 0.1) is 10.6 Å². The van der Waals surface area contributed by atoms with Crippen molar-refractivity contribution < 1.29 is 13.2 Å². The molecule has 1 N–H and O–H groups in total. The first-order chi connectivity index (χ1) is 14.3. The highest BCUT2D eigenvalue weighted by Crippen LogP contribution is 2.43. The van der Waals surface area contributed by atoms with Crippen molar-refractivity contribution in [3.05, 3.63) is 77.3 Å². The topological polar surface area (TPSA) is 66.5 Å². The normalized spacial score (nSPS) is 14.2. The molecule has 0 aromatic heterocycles. The molecular weight excluding hydrogens is 420 g/mol. The lowest BCUT2D eigenvalue weighted by molar-refractivity contribution is -0.114. The van der Waals surface area contributed by atoms with Crippen LogP contribution in [0.3, 0.4) is 0 Å². The Morgan fingerprint density at radius 2 is 1.77 bits per heavy atom. The van der Waals surface area contributed by atoms with Gasteiger partial charge in [-0.05, 0) is 47.9 Å². The second kappa shape index (κ2) is 7.78. The fourth-order valence-corrected chi connectivity index (χ4v) is 5.42. The van der Waals surface area contributed by atoms with E-state index in [1.54, 1.807) is 48.5 Å². The van der Waals surface area contributed by atoms with Crippen molar-refractivity contribution >= 4 is 38.9 Å². The third-order valence-electron chi connectivity index (χ3n) is 5.10. The van der Waals surface area contributed by atoms with Gasteiger partial charge in [-0.3, -0.25) is 9.10 Å². The number of carbonyl (C=O) groups is 1. The van der Waals surface area contributed by atoms with Crippen LogP contribution in [0.4, 0.5) is 11.4 Å². The summed E-state index contributed by atoms with van der Waals surface area (Å²) in [7, 11) is -3.88. The smallest absolute Gasteiger partial charge is 0.265 e. The predicted octanol–water partition coefficient (Wildman–Crippen LogP) is 5.28. The molecule has 5 nitrogen and oxygen atoms in total. The number of hydrogen-bond donors (Lipinski definition) is 1. The minimum absolute atomic E-state index is 0.203. The number of anilines is 2. The maximum Gasteiger partial charge on any atom is 0.265 e. The zero-order valence-electron chi connectivity index (χ0n) is 16.6. The van der Waals surface area contributed by atoms with Crippen molar-refractivity contribution in [1.29, 1.82) is 0 Å². The molecule has 3 aromatic rings. The maximum absolute atomic E-state index is 13.4. The Bertz CT molecular complexity index is 1240. The summed E-state index contributed by atoms with van der Waals surface area (Å²) in [5.74, 6) is -0.153. The summed E-state index contributed by atoms with van der Waals surface area (Å²) < 4.78 is 27.9. The molecule has 0 radical (unpaired) electrons. The Hall–Kier alpha value is -2.83. The van der Waals surface area contributed by atoms with Gasteiger partial charge in [0.1, 0.15) is 6.54 Å². The predicted molar refractivity (Wildman–Crippen MR) is 121 cm³/mol. The largest absolute Gasteiger partial charge is 0.324 e. The van der Waals surface area contributed by atoms with Crippen LogP contribution in [-0.2, 0) is 14.8 Å². The summed E-state index contributed by atoms with van der Waals surface area (Å²) in [6, 6.07) is 19.3. The summed E-state index contributed by atoms with van der Waals surface area (Å²) in [5.41, 5.74) is 3.58. The average Bonchev–Trinajstić information content (AvgIpc) is 2.71. The van der Waals surface area contributed by atoms with Gasteiger partial charge < -0.3 is 5.32 Å². The van der Waals surface area contributed by atoms with Gasteiger partial charge in [-0.1, -0.05) is 55.8 Å². The molecule has 0 aliphatic carbocycles. The molecule has 0 unspecified atom stereocenters. The monoisotopic (exact) mass is 440 g/mol. The molecule has 30 heavy (non-hydrogen) atoms. The fraction of sp³-hybridized carbons (Fsp3) is 0.174. The van der Waals surface area contributed by atoms with Gasteiger partial charge in [-0.15, -0.1) is 0 Å². The minimum Gasteiger partial charge on any atom is -0.324 e. The number of sulfonamides is 1. The quantitative estimate of drug-likeness (QED) is 0.600. The Morgan fingerprint density at radius 1 is 1.00 bits per heavy atom. The lowest BCUT2D eigenvalue weighted by Crippen LogP contribution is -2.40. The van der Waals surface area contributed by atoms with Crippen molar-refractivity contribution in [2.24, 2.45) is 0 Å². The van der Waals surface area contributed by atoms with E-state index in [1.807, 2.05) is 18.2 Å². The van der Waals surface area contributed by atoms with E-state index in [0.717, 1.165) is 11.1 Å². The van der Waals surface area contributed by atoms with E-state index in [-0.39, 0.29) is 11.4 Å². The third-order valence-corrected chi connectivity index (χ3v) is 7.15. The molecule has 0 bridgehead atoms. The summed E-state index contributed by atoms with van der Waals surface area (Å²) in [6.07, 6.45) is 0. The van der Waals surface area contributed by atoms with Crippen molar-refractivity contribution in [3.63, 3.8) is 0 Å². The van der Waals surface area contributed by atoms with Crippen molar-refractivity contribution in [2.45, 2.75) is 24.7 Å². The first-order valence-corrected chi connectivity index (χ1v) is 11.4. The summed E-state index contributed by atoms with van der Waals surface area (Å²) in [6.45, 7) is 3.84. The molecule has 0 saturated heterocycles. The number of amides is 1. The van der Waals surface area contributed by atoms with Crippen LogP contribution in [0.2, 0.25) is 5.02 Å². The van der Waals surface area contributed by atoms with Crippen LogP contribution in [0.1, 0.15) is 25.3 Å². The van der Waals surface area contributed by atoms with Gasteiger partial charge in [0.25, 0.3) is 10.0 Å². The zero-order valence-corrected chi connectivity index (χ0v) is 18.2. The fourth-order valence-electron chi connectivity index (χ4n) is 3.58. The molecule has 1 amide bonds. The Kier molecular flexibility index (Phi) is 5.30. The van der Waals surface area contributed by atoms with Crippen molar-refractivity contribution in [3.8, 4) is 11.1 Å². The van der Waals surface area contributed by atoms with Crippen LogP contribution in [0.15, 0.2) is 71.6 Å². The lowest BCUT2D eigenvalue weighted by Gasteiger charge is -2.32. The number of rotatable bonds is 4. The number of halogens is 1. The highest BCUT2D eigenvalue weighted by molar-refractivity contribution is 7.93. The van der Waals surface area contributed by atoms with Crippen LogP contribution in [0.5, 0.6) is 0 Å². The number of nitrogens with one attached hydrogen (secondary N) is 1. The third kappa shape index (κ3) is 3.68. The number of fused-ring (bicyclic) bond motifs is 3. The van der Waals surface area contributed by atoms with E-state index in [2.05, 4.69) is 19.2 Å². The first-order valence-electron chi connectivity index (χ1n) is 9.59. The Balaban J connectivity index is 1.76. The molecule has 0 fully saturated rings. The summed E-state index contributed by atoms with van der Waals surface area (Å²) in [5, 5.41) is 3.21. The van der Waals surface area contributed by atoms with E-state index in [1.165, 1.54) is 4.31 Å². The maximum atomic E-state index is 13.4. The molecule has 7 heteroatoms. The Morgan fingerprint density at radius 3 is 2.50 bits per heavy atom. The Labute approximate surface area is 181 Å². The van der Waals surface area contributed by atoms with Crippen LogP contribution in [0.25, 0.3) is 11.1 Å². The minimum atomic E-state index is -3.88. The number of carbonyl (C=O) groups excluding carboxylic acids is 1. The molecule has 0 spiro atoms. The molecule has 0 atom stereocenters. The van der Waals surface area contributed by atoms with E-state index >= 15 is 0 Å². The summed E-state index contributed by atoms with van der Waals surface area (Å²) >= 11 is 5.97. The number of nitrogens with zero attached hydrogens (tertiary/aromatic N) is 1. The van der Waals surface area contributed by atoms with E-state index < -0.39 is 15.9 Å². The number of benzene rings is 3. The average molecular weight is 441 g/mol. The molecular formula is C23H21ClN2O3S. The van der Waals surface area contributed by atoms with Crippen LogP contribution < -0.4 is 9.62 Å². The highest BCUT2D eigenvalue weighted by Gasteiger charge is 2.36. The van der Waals surface area contributed by atoms with E-state index in [4.69, 9.17) is 11.6 Å². The molecule has 1 aliphatic rings. The van der Waals surface area contributed by atoms with Crippen LogP contribution in [0, 0.1) is 0 Å². The second-order valence-corrected chi connectivity index (χ2v) is 9.76. The molecule has 1 aliphatic heterocycles. The van der Waals surface area contributed by atoms with Crippen molar-refractivity contribution in [1.82, 2.24) is 0 Å². The van der Waals surface area contributed by atoms with Gasteiger partial charge in [-0.25, -0.2) is 8.42 Å². The van der Waals surface area contributed by atoms with Gasteiger partial charge >= 0.3 is 0 Å². The van der Waals surface area contributed by atoms with Crippen LogP contribution in [-0.4, -0.2) is 20.9 Å². The molecule has 3 aromatic carbocycles. The number of hydrogen-bond acceptors (Lipinski definition) is 3. The molecule has 1 heterocycles. The summed E-state index contributed by atoms with van der Waals surface area (Å²) in [4.78, 5) is 12.9. The first kappa shape index (κ1) is 20.4. The van der Waals surface area contributed by atoms with Crippen molar-refractivity contribution in [2.75, 3.05) is 16.2 Å². The second-order valence-electron chi connectivity index (χ2n) is 7.50. The van der Waals surface area contributed by atoms with Gasteiger partial charge in [0.2, 0.25) is 5.91 Å². The molecule has 0 saturated carbocycles. The van der Waals surface area contributed by atoms with Gasteiger partial charge in [0, 0.05) is 21.8 Å². The van der Waals surface area contributed by atoms with Crippen LogP contribution >= 0.6 is 11.6 Å². The standard InChI is InChI=1S/C23H21ClN2O3S/c1-15(2)16-10-11-21-20(12-16)19-8-3-4-9-22(19)30(28,29)26(21)14-23(27)25-18-7-5-6-17(24)13-18/h3-13,15H,14H2,1-2H3,(H,25,27). The molecule has 154 valence electrons. The van der Waals surface area contributed by atoms with Gasteiger partial charge in [0.15, 0.2) is 0 Å². The highest BCUT2D eigenvalue weighted by atomic mass is 35.5. The zero-order chi connectivity index (χ0) is 21.5.